The van der Waals surface area contributed by atoms with E-state index >= 15 is 0 Å². The number of benzene rings is 1. The molecular formula is C11H15N3O3. The summed E-state index contributed by atoms with van der Waals surface area (Å²) in [7, 11) is 0. The van der Waals surface area contributed by atoms with Crippen molar-refractivity contribution < 1.29 is 14.7 Å². The van der Waals surface area contributed by atoms with Gasteiger partial charge in [0.25, 0.3) is 0 Å². The van der Waals surface area contributed by atoms with Gasteiger partial charge in [-0.1, -0.05) is 0 Å². The van der Waals surface area contributed by atoms with Crippen LogP contribution in [0, 0.1) is 0 Å². The normalized spacial score (nSPS) is 11.6. The Bertz CT molecular complexity index is 403. The summed E-state index contributed by atoms with van der Waals surface area (Å²) in [4.78, 5) is 21.3. The average Bonchev–Trinajstić information content (AvgIpc) is 2.26. The van der Waals surface area contributed by atoms with Crippen molar-refractivity contribution in [3.63, 3.8) is 0 Å². The third-order valence-corrected chi connectivity index (χ3v) is 2.05. The van der Waals surface area contributed by atoms with Crippen LogP contribution in [0.2, 0.25) is 0 Å². The maximum absolute atomic E-state index is 10.8. The summed E-state index contributed by atoms with van der Waals surface area (Å²) in [5, 5.41) is 14.1. The zero-order chi connectivity index (χ0) is 12.8. The minimum atomic E-state index is -1.05. The van der Waals surface area contributed by atoms with Crippen LogP contribution in [0.15, 0.2) is 24.3 Å². The van der Waals surface area contributed by atoms with E-state index in [0.29, 0.717) is 5.69 Å². The fraction of sp³-hybridized carbons (Fsp3) is 0.273. The van der Waals surface area contributed by atoms with Gasteiger partial charge in [0.05, 0.1) is 0 Å². The number of nitrogens with one attached hydrogen (secondary N) is 2. The standard InChI is InChI=1S/C11H15N3O3/c1-7(15)14-9-4-2-8(3-5-9)13-6-10(12)11(16)17/h2-5,10,13H,6,12H2,1H3,(H,14,15)(H,16,17). The van der Waals surface area contributed by atoms with Crippen LogP contribution in [0.5, 0.6) is 0 Å². The summed E-state index contributed by atoms with van der Waals surface area (Å²) in [6.45, 7) is 1.58. The second-order valence-corrected chi connectivity index (χ2v) is 3.58. The molecule has 0 saturated carbocycles. The molecule has 1 atom stereocenters. The first-order chi connectivity index (χ1) is 7.99. The van der Waals surface area contributed by atoms with Crippen LogP contribution in [0.1, 0.15) is 6.92 Å². The molecule has 0 spiro atoms. The maximum atomic E-state index is 10.8. The van der Waals surface area contributed by atoms with Gasteiger partial charge < -0.3 is 21.5 Å². The van der Waals surface area contributed by atoms with E-state index in [2.05, 4.69) is 10.6 Å². The molecule has 0 bridgehead atoms. The zero-order valence-electron chi connectivity index (χ0n) is 9.43. The fourth-order valence-electron chi connectivity index (χ4n) is 1.19. The Morgan fingerprint density at radius 3 is 2.29 bits per heavy atom. The van der Waals surface area contributed by atoms with E-state index in [0.717, 1.165) is 5.69 Å². The summed E-state index contributed by atoms with van der Waals surface area (Å²) < 4.78 is 0. The lowest BCUT2D eigenvalue weighted by Crippen LogP contribution is -2.36. The third-order valence-electron chi connectivity index (χ3n) is 2.05. The highest BCUT2D eigenvalue weighted by molar-refractivity contribution is 5.88. The molecule has 0 fully saturated rings. The van der Waals surface area contributed by atoms with Crippen LogP contribution in [-0.2, 0) is 9.59 Å². The summed E-state index contributed by atoms with van der Waals surface area (Å²) in [6, 6.07) is 5.97. The van der Waals surface area contributed by atoms with E-state index in [4.69, 9.17) is 10.8 Å². The van der Waals surface area contributed by atoms with E-state index < -0.39 is 12.0 Å². The molecule has 0 radical (unpaired) electrons. The van der Waals surface area contributed by atoms with Crippen LogP contribution in [0.3, 0.4) is 0 Å². The van der Waals surface area contributed by atoms with Crippen molar-refractivity contribution in [3.8, 4) is 0 Å². The Labute approximate surface area is 98.8 Å². The number of carboxylic acids is 1. The fourth-order valence-corrected chi connectivity index (χ4v) is 1.19. The topological polar surface area (TPSA) is 104 Å². The van der Waals surface area contributed by atoms with E-state index in [1.807, 2.05) is 0 Å². The summed E-state index contributed by atoms with van der Waals surface area (Å²) in [6.07, 6.45) is 0. The number of amides is 1. The number of rotatable bonds is 5. The Hall–Kier alpha value is -2.08. The maximum Gasteiger partial charge on any atom is 0.322 e. The average molecular weight is 237 g/mol. The number of carbonyl (C=O) groups is 2. The highest BCUT2D eigenvalue weighted by Crippen LogP contribution is 2.13. The van der Waals surface area contributed by atoms with Gasteiger partial charge in [-0.3, -0.25) is 9.59 Å². The quantitative estimate of drug-likeness (QED) is 0.596. The number of carbonyl (C=O) groups excluding carboxylic acids is 1. The number of anilines is 2. The van der Waals surface area contributed by atoms with Gasteiger partial charge in [-0.25, -0.2) is 0 Å². The molecule has 1 amide bonds. The van der Waals surface area contributed by atoms with E-state index in [9.17, 15) is 9.59 Å². The van der Waals surface area contributed by atoms with Crippen molar-refractivity contribution in [1.29, 1.82) is 0 Å². The number of carboxylic acid groups (broad SMARTS) is 1. The number of hydrogen-bond donors (Lipinski definition) is 4. The molecule has 5 N–H and O–H groups in total. The molecule has 0 aromatic heterocycles. The number of nitrogens with two attached hydrogens (primary N) is 1. The smallest absolute Gasteiger partial charge is 0.322 e. The molecule has 0 aliphatic rings. The van der Waals surface area contributed by atoms with Gasteiger partial charge in [0.2, 0.25) is 5.91 Å². The first-order valence-corrected chi connectivity index (χ1v) is 5.09. The van der Waals surface area contributed by atoms with Crippen molar-refractivity contribution in [3.05, 3.63) is 24.3 Å². The molecule has 92 valence electrons. The van der Waals surface area contributed by atoms with Gasteiger partial charge in [0, 0.05) is 24.8 Å². The molecule has 6 heteroatoms. The predicted molar refractivity (Wildman–Crippen MR) is 64.8 cm³/mol. The van der Waals surface area contributed by atoms with Gasteiger partial charge >= 0.3 is 5.97 Å². The minimum Gasteiger partial charge on any atom is -0.480 e. The third kappa shape index (κ3) is 4.52. The van der Waals surface area contributed by atoms with E-state index in [1.165, 1.54) is 6.92 Å². The molecule has 0 aliphatic carbocycles. The van der Waals surface area contributed by atoms with Crippen molar-refractivity contribution in [2.75, 3.05) is 17.2 Å². The molecule has 1 aromatic carbocycles. The van der Waals surface area contributed by atoms with Crippen LogP contribution < -0.4 is 16.4 Å². The molecule has 0 saturated heterocycles. The minimum absolute atomic E-state index is 0.140. The lowest BCUT2D eigenvalue weighted by Gasteiger charge is -2.10. The van der Waals surface area contributed by atoms with Crippen molar-refractivity contribution in [1.82, 2.24) is 0 Å². The second kappa shape index (κ2) is 5.86. The van der Waals surface area contributed by atoms with Gasteiger partial charge in [-0.05, 0) is 24.3 Å². The highest BCUT2D eigenvalue weighted by atomic mass is 16.4. The van der Waals surface area contributed by atoms with Crippen LogP contribution in [-0.4, -0.2) is 29.6 Å². The molecule has 6 nitrogen and oxygen atoms in total. The summed E-state index contributed by atoms with van der Waals surface area (Å²) in [5.74, 6) is -1.19. The Balaban J connectivity index is 2.51. The van der Waals surface area contributed by atoms with Gasteiger partial charge in [0.15, 0.2) is 0 Å². The van der Waals surface area contributed by atoms with Crippen molar-refractivity contribution >= 4 is 23.3 Å². The Morgan fingerprint density at radius 2 is 1.82 bits per heavy atom. The molecule has 1 rings (SSSR count). The predicted octanol–water partition coefficient (Wildman–Crippen LogP) is 0.469. The summed E-state index contributed by atoms with van der Waals surface area (Å²) >= 11 is 0. The van der Waals surface area contributed by atoms with E-state index in [-0.39, 0.29) is 12.5 Å². The molecule has 1 aromatic rings. The highest BCUT2D eigenvalue weighted by Gasteiger charge is 2.10. The Morgan fingerprint density at radius 1 is 1.29 bits per heavy atom. The first-order valence-electron chi connectivity index (χ1n) is 5.09. The van der Waals surface area contributed by atoms with Gasteiger partial charge in [0.1, 0.15) is 6.04 Å². The lowest BCUT2D eigenvalue weighted by atomic mass is 10.2. The van der Waals surface area contributed by atoms with Gasteiger partial charge in [-0.15, -0.1) is 0 Å². The lowest BCUT2D eigenvalue weighted by molar-refractivity contribution is -0.138. The Kier molecular flexibility index (Phi) is 4.47. The number of hydrogen-bond acceptors (Lipinski definition) is 4. The SMILES string of the molecule is CC(=O)Nc1ccc(NCC(N)C(=O)O)cc1. The molecular weight excluding hydrogens is 222 g/mol. The van der Waals surface area contributed by atoms with Crippen molar-refractivity contribution in [2.45, 2.75) is 13.0 Å². The van der Waals surface area contributed by atoms with E-state index in [1.54, 1.807) is 24.3 Å². The van der Waals surface area contributed by atoms with Crippen LogP contribution in [0.25, 0.3) is 0 Å². The largest absolute Gasteiger partial charge is 0.480 e. The van der Waals surface area contributed by atoms with Crippen molar-refractivity contribution in [2.24, 2.45) is 5.73 Å². The molecule has 0 heterocycles. The van der Waals surface area contributed by atoms with Gasteiger partial charge in [-0.2, -0.15) is 0 Å². The molecule has 0 aliphatic heterocycles. The monoisotopic (exact) mass is 237 g/mol. The molecule has 17 heavy (non-hydrogen) atoms. The van der Waals surface area contributed by atoms with Crippen LogP contribution in [0.4, 0.5) is 11.4 Å². The number of aliphatic carboxylic acids is 1. The molecule has 1 unspecified atom stereocenters. The summed E-state index contributed by atoms with van der Waals surface area (Å²) in [5.41, 5.74) is 6.77. The second-order valence-electron chi connectivity index (χ2n) is 3.58. The van der Waals surface area contributed by atoms with Crippen LogP contribution >= 0.6 is 0 Å². The zero-order valence-corrected chi connectivity index (χ0v) is 9.43. The first kappa shape index (κ1) is 13.0.